The summed E-state index contributed by atoms with van der Waals surface area (Å²) in [4.78, 5) is 14.0. The SMILES string of the molecule is O=C(O)NCc1cncc(Br)c1. The number of hydrogen-bond acceptors (Lipinski definition) is 2. The summed E-state index contributed by atoms with van der Waals surface area (Å²) >= 11 is 3.23. The summed E-state index contributed by atoms with van der Waals surface area (Å²) in [5.74, 6) is 0. The lowest BCUT2D eigenvalue weighted by Crippen LogP contribution is -2.19. The van der Waals surface area contributed by atoms with Gasteiger partial charge in [0.2, 0.25) is 0 Å². The summed E-state index contributed by atoms with van der Waals surface area (Å²) in [5.41, 5.74) is 0.826. The molecule has 5 heteroatoms. The predicted octanol–water partition coefficient (Wildman–Crippen LogP) is 1.61. The molecular formula is C7H7BrN2O2. The molecule has 4 nitrogen and oxygen atoms in total. The Hall–Kier alpha value is -1.10. The van der Waals surface area contributed by atoms with E-state index in [1.54, 1.807) is 12.4 Å². The van der Waals surface area contributed by atoms with Gasteiger partial charge in [0, 0.05) is 23.4 Å². The summed E-state index contributed by atoms with van der Waals surface area (Å²) in [5, 5.41) is 10.5. The minimum atomic E-state index is -1.03. The van der Waals surface area contributed by atoms with Crippen LogP contribution in [0.3, 0.4) is 0 Å². The predicted molar refractivity (Wildman–Crippen MR) is 46.8 cm³/mol. The number of carboxylic acid groups (broad SMARTS) is 1. The van der Waals surface area contributed by atoms with Crippen LogP contribution < -0.4 is 5.32 Å². The molecule has 1 aromatic rings. The van der Waals surface area contributed by atoms with Crippen molar-refractivity contribution in [2.75, 3.05) is 0 Å². The van der Waals surface area contributed by atoms with E-state index in [0.29, 0.717) is 0 Å². The quantitative estimate of drug-likeness (QED) is 0.812. The molecule has 2 N–H and O–H groups in total. The van der Waals surface area contributed by atoms with Crippen molar-refractivity contribution in [2.24, 2.45) is 0 Å². The highest BCUT2D eigenvalue weighted by Crippen LogP contribution is 2.08. The Kier molecular flexibility index (Phi) is 3.04. The molecule has 0 unspecified atom stereocenters. The second kappa shape index (κ2) is 4.06. The summed E-state index contributed by atoms with van der Waals surface area (Å²) < 4.78 is 0.840. The lowest BCUT2D eigenvalue weighted by Gasteiger charge is -2.00. The van der Waals surface area contributed by atoms with E-state index in [9.17, 15) is 4.79 Å². The smallest absolute Gasteiger partial charge is 0.404 e. The maximum atomic E-state index is 10.1. The van der Waals surface area contributed by atoms with Crippen LogP contribution in [0.4, 0.5) is 4.79 Å². The number of aromatic nitrogens is 1. The summed E-state index contributed by atoms with van der Waals surface area (Å²) in [7, 11) is 0. The second-order valence-corrected chi connectivity index (χ2v) is 3.09. The average molecular weight is 231 g/mol. The molecule has 0 saturated carbocycles. The van der Waals surface area contributed by atoms with Gasteiger partial charge in [0.25, 0.3) is 0 Å². The van der Waals surface area contributed by atoms with E-state index in [2.05, 4.69) is 26.2 Å². The number of nitrogens with zero attached hydrogens (tertiary/aromatic N) is 1. The largest absolute Gasteiger partial charge is 0.465 e. The van der Waals surface area contributed by atoms with Gasteiger partial charge in [-0.2, -0.15) is 0 Å². The monoisotopic (exact) mass is 230 g/mol. The summed E-state index contributed by atoms with van der Waals surface area (Å²) in [6, 6.07) is 1.81. The van der Waals surface area contributed by atoms with Crippen molar-refractivity contribution in [2.45, 2.75) is 6.54 Å². The van der Waals surface area contributed by atoms with Crippen LogP contribution in [-0.2, 0) is 6.54 Å². The highest BCUT2D eigenvalue weighted by molar-refractivity contribution is 9.10. The molecule has 0 atom stereocenters. The zero-order valence-electron chi connectivity index (χ0n) is 6.12. The van der Waals surface area contributed by atoms with Crippen molar-refractivity contribution in [1.82, 2.24) is 10.3 Å². The second-order valence-electron chi connectivity index (χ2n) is 2.17. The van der Waals surface area contributed by atoms with Gasteiger partial charge in [0.1, 0.15) is 0 Å². The first-order chi connectivity index (χ1) is 5.68. The topological polar surface area (TPSA) is 62.2 Å². The van der Waals surface area contributed by atoms with E-state index in [4.69, 9.17) is 5.11 Å². The molecule has 0 aromatic carbocycles. The fourth-order valence-electron chi connectivity index (χ4n) is 0.730. The van der Waals surface area contributed by atoms with Crippen molar-refractivity contribution in [3.8, 4) is 0 Å². The molecule has 0 aliphatic rings. The number of carbonyl (C=O) groups is 1. The summed E-state index contributed by atoms with van der Waals surface area (Å²) in [6.45, 7) is 0.280. The molecule has 1 rings (SSSR count). The van der Waals surface area contributed by atoms with Gasteiger partial charge >= 0.3 is 6.09 Å². The third-order valence-electron chi connectivity index (χ3n) is 1.21. The maximum Gasteiger partial charge on any atom is 0.404 e. The molecule has 12 heavy (non-hydrogen) atoms. The number of nitrogens with one attached hydrogen (secondary N) is 1. The third-order valence-corrected chi connectivity index (χ3v) is 1.64. The number of amides is 1. The van der Waals surface area contributed by atoms with Crippen LogP contribution in [-0.4, -0.2) is 16.2 Å². The molecule has 1 heterocycles. The van der Waals surface area contributed by atoms with E-state index in [-0.39, 0.29) is 6.54 Å². The standard InChI is InChI=1S/C7H7BrN2O2/c8-6-1-5(2-9-4-6)3-10-7(11)12/h1-2,4,10H,3H2,(H,11,12). The molecule has 1 aromatic heterocycles. The average Bonchev–Trinajstić information content (AvgIpc) is 2.01. The van der Waals surface area contributed by atoms with E-state index >= 15 is 0 Å². The van der Waals surface area contributed by atoms with Crippen LogP contribution in [0.2, 0.25) is 0 Å². The zero-order chi connectivity index (χ0) is 8.97. The first-order valence-corrected chi connectivity index (χ1v) is 4.04. The minimum Gasteiger partial charge on any atom is -0.465 e. The van der Waals surface area contributed by atoms with Gasteiger partial charge in [-0.15, -0.1) is 0 Å². The first kappa shape index (κ1) is 8.99. The van der Waals surface area contributed by atoms with Crippen LogP contribution in [0.5, 0.6) is 0 Å². The Morgan fingerprint density at radius 3 is 3.00 bits per heavy atom. The normalized spacial score (nSPS) is 9.42. The Morgan fingerprint density at radius 2 is 2.42 bits per heavy atom. The van der Waals surface area contributed by atoms with Crippen LogP contribution in [0.1, 0.15) is 5.56 Å². The molecule has 0 fully saturated rings. The van der Waals surface area contributed by atoms with E-state index in [0.717, 1.165) is 10.0 Å². The van der Waals surface area contributed by atoms with Crippen molar-refractivity contribution < 1.29 is 9.90 Å². The third kappa shape index (κ3) is 2.87. The molecule has 0 aliphatic heterocycles. The maximum absolute atomic E-state index is 10.1. The van der Waals surface area contributed by atoms with Gasteiger partial charge in [0.15, 0.2) is 0 Å². The van der Waals surface area contributed by atoms with Gasteiger partial charge < -0.3 is 10.4 Å². The van der Waals surface area contributed by atoms with Crippen molar-refractivity contribution in [3.63, 3.8) is 0 Å². The lowest BCUT2D eigenvalue weighted by molar-refractivity contribution is 0.194. The zero-order valence-corrected chi connectivity index (χ0v) is 7.71. The van der Waals surface area contributed by atoms with Gasteiger partial charge in [-0.3, -0.25) is 4.98 Å². The van der Waals surface area contributed by atoms with Crippen LogP contribution in [0.15, 0.2) is 22.9 Å². The van der Waals surface area contributed by atoms with Crippen LogP contribution >= 0.6 is 15.9 Å². The number of halogens is 1. The highest BCUT2D eigenvalue weighted by atomic mass is 79.9. The molecule has 0 saturated heterocycles. The Balaban J connectivity index is 2.57. The molecule has 64 valence electrons. The molecule has 0 spiro atoms. The number of pyridine rings is 1. The van der Waals surface area contributed by atoms with Crippen LogP contribution in [0, 0.1) is 0 Å². The summed E-state index contributed by atoms with van der Waals surface area (Å²) in [6.07, 6.45) is 2.22. The van der Waals surface area contributed by atoms with Crippen molar-refractivity contribution in [3.05, 3.63) is 28.5 Å². The first-order valence-electron chi connectivity index (χ1n) is 3.24. The van der Waals surface area contributed by atoms with Crippen molar-refractivity contribution >= 4 is 22.0 Å². The van der Waals surface area contributed by atoms with Gasteiger partial charge in [-0.1, -0.05) is 0 Å². The molecule has 0 radical (unpaired) electrons. The molecule has 0 bridgehead atoms. The molecule has 0 aliphatic carbocycles. The highest BCUT2D eigenvalue weighted by Gasteiger charge is 1.96. The van der Waals surface area contributed by atoms with E-state index in [1.165, 1.54) is 0 Å². The Bertz CT molecular complexity index is 290. The Labute approximate surface area is 77.8 Å². The van der Waals surface area contributed by atoms with Gasteiger partial charge in [0.05, 0.1) is 0 Å². The minimum absolute atomic E-state index is 0.280. The number of hydrogen-bond donors (Lipinski definition) is 2. The van der Waals surface area contributed by atoms with E-state index in [1.807, 2.05) is 6.07 Å². The van der Waals surface area contributed by atoms with Gasteiger partial charge in [-0.05, 0) is 27.6 Å². The molecular weight excluding hydrogens is 224 g/mol. The fraction of sp³-hybridized carbons (Fsp3) is 0.143. The van der Waals surface area contributed by atoms with Crippen LogP contribution in [0.25, 0.3) is 0 Å². The Morgan fingerprint density at radius 1 is 1.67 bits per heavy atom. The fourth-order valence-corrected chi connectivity index (χ4v) is 1.14. The van der Waals surface area contributed by atoms with Gasteiger partial charge in [-0.25, -0.2) is 4.79 Å². The van der Waals surface area contributed by atoms with Crippen molar-refractivity contribution in [1.29, 1.82) is 0 Å². The molecule has 1 amide bonds. The lowest BCUT2D eigenvalue weighted by atomic mass is 10.3. The van der Waals surface area contributed by atoms with E-state index < -0.39 is 6.09 Å². The number of rotatable bonds is 2.